The zero-order chi connectivity index (χ0) is 17.7. The molecule has 0 aromatic heterocycles. The summed E-state index contributed by atoms with van der Waals surface area (Å²) < 4.78 is 5.14. The van der Waals surface area contributed by atoms with Gasteiger partial charge in [0.1, 0.15) is 16.9 Å². The Morgan fingerprint density at radius 3 is 2.62 bits per heavy atom. The summed E-state index contributed by atoms with van der Waals surface area (Å²) in [4.78, 5) is 24.4. The zero-order valence-corrected chi connectivity index (χ0v) is 14.0. The lowest BCUT2D eigenvalue weighted by Crippen LogP contribution is -2.52. The van der Waals surface area contributed by atoms with Gasteiger partial charge in [-0.3, -0.25) is 4.79 Å². The maximum atomic E-state index is 12.3. The molecule has 1 saturated carbocycles. The molecule has 1 atom stereocenters. The Hall–Kier alpha value is -2.55. The Kier molecular flexibility index (Phi) is 5.45. The Bertz CT molecular complexity index is 672. The van der Waals surface area contributed by atoms with E-state index in [1.165, 1.54) is 13.0 Å². The van der Waals surface area contributed by atoms with Crippen molar-refractivity contribution in [1.29, 1.82) is 5.26 Å². The highest BCUT2D eigenvalue weighted by atomic mass is 16.5. The number of rotatable bonds is 4. The van der Waals surface area contributed by atoms with Crippen LogP contribution in [0.2, 0.25) is 0 Å². The number of hydrogen-bond acceptors (Lipinski definition) is 5. The van der Waals surface area contributed by atoms with E-state index in [1.54, 1.807) is 19.1 Å². The fourth-order valence-corrected chi connectivity index (χ4v) is 2.86. The molecule has 128 valence electrons. The molecule has 0 heterocycles. The van der Waals surface area contributed by atoms with Gasteiger partial charge < -0.3 is 15.2 Å². The molecular weight excluding hydrogens is 308 g/mol. The first-order chi connectivity index (χ1) is 11.4. The smallest absolute Gasteiger partial charge is 0.342 e. The van der Waals surface area contributed by atoms with Gasteiger partial charge in [-0.15, -0.1) is 0 Å². The molecule has 1 amide bonds. The molecule has 0 radical (unpaired) electrons. The van der Waals surface area contributed by atoms with E-state index in [2.05, 4.69) is 11.4 Å². The van der Waals surface area contributed by atoms with Gasteiger partial charge in [0.25, 0.3) is 5.91 Å². The average molecular weight is 330 g/mol. The first kappa shape index (κ1) is 17.8. The number of phenols is 1. The lowest BCUT2D eigenvalue weighted by Gasteiger charge is -2.32. The Balaban J connectivity index is 2.02. The first-order valence-corrected chi connectivity index (χ1v) is 8.11. The largest absolute Gasteiger partial charge is 0.507 e. The molecule has 0 spiro atoms. The van der Waals surface area contributed by atoms with Crippen LogP contribution < -0.4 is 5.32 Å². The van der Waals surface area contributed by atoms with Gasteiger partial charge in [0.2, 0.25) is 0 Å². The van der Waals surface area contributed by atoms with E-state index in [0.29, 0.717) is 18.4 Å². The number of esters is 1. The molecule has 2 rings (SSSR count). The van der Waals surface area contributed by atoms with Gasteiger partial charge >= 0.3 is 5.97 Å². The maximum Gasteiger partial charge on any atom is 0.342 e. The van der Waals surface area contributed by atoms with Gasteiger partial charge in [-0.2, -0.15) is 5.26 Å². The van der Waals surface area contributed by atoms with Crippen LogP contribution in [-0.4, -0.2) is 28.6 Å². The predicted octanol–water partition coefficient (Wildman–Crippen LogP) is 2.59. The molecule has 1 aromatic carbocycles. The number of nitrogens with zero attached hydrogens (tertiary/aromatic N) is 1. The van der Waals surface area contributed by atoms with Gasteiger partial charge in [0, 0.05) is 0 Å². The second-order valence-corrected chi connectivity index (χ2v) is 6.26. The highest BCUT2D eigenvalue weighted by Crippen LogP contribution is 2.28. The Morgan fingerprint density at radius 2 is 2.00 bits per heavy atom. The summed E-state index contributed by atoms with van der Waals surface area (Å²) in [5.41, 5.74) is -0.309. The lowest BCUT2D eigenvalue weighted by molar-refractivity contribution is -0.130. The number of aromatic hydroxyl groups is 1. The Morgan fingerprint density at radius 1 is 1.33 bits per heavy atom. The number of nitriles is 1. The van der Waals surface area contributed by atoms with Gasteiger partial charge in [-0.05, 0) is 38.3 Å². The van der Waals surface area contributed by atoms with Crippen molar-refractivity contribution >= 4 is 11.9 Å². The van der Waals surface area contributed by atoms with E-state index in [-0.39, 0.29) is 11.3 Å². The number of carbonyl (C=O) groups excluding carboxylic acids is 2. The van der Waals surface area contributed by atoms with Crippen molar-refractivity contribution < 1.29 is 19.4 Å². The van der Waals surface area contributed by atoms with Crippen LogP contribution >= 0.6 is 0 Å². The van der Waals surface area contributed by atoms with Crippen molar-refractivity contribution in [1.82, 2.24) is 5.32 Å². The van der Waals surface area contributed by atoms with Crippen molar-refractivity contribution in [2.45, 2.75) is 57.6 Å². The van der Waals surface area contributed by atoms with Crippen LogP contribution in [0.3, 0.4) is 0 Å². The van der Waals surface area contributed by atoms with Crippen molar-refractivity contribution in [3.63, 3.8) is 0 Å². The minimum atomic E-state index is -1.05. The SMILES string of the molecule is Cc1cccc(C(=O)O[C@@H](C)C(=O)NC2(C#N)CCCCC2)c1O. The third-order valence-corrected chi connectivity index (χ3v) is 4.39. The number of hydrogen-bond donors (Lipinski definition) is 2. The molecule has 6 heteroatoms. The van der Waals surface area contributed by atoms with Crippen molar-refractivity contribution in [3.05, 3.63) is 29.3 Å². The Labute approximate surface area is 141 Å². The minimum Gasteiger partial charge on any atom is -0.507 e. The fourth-order valence-electron chi connectivity index (χ4n) is 2.86. The summed E-state index contributed by atoms with van der Waals surface area (Å²) in [6.45, 7) is 3.12. The molecule has 6 nitrogen and oxygen atoms in total. The number of phenolic OH excluding ortho intramolecular Hbond substituents is 1. The second kappa shape index (κ2) is 7.35. The fraction of sp³-hybridized carbons (Fsp3) is 0.500. The number of para-hydroxylation sites is 1. The third kappa shape index (κ3) is 3.85. The summed E-state index contributed by atoms with van der Waals surface area (Å²) in [6, 6.07) is 6.93. The van der Waals surface area contributed by atoms with Crippen LogP contribution in [0.4, 0.5) is 0 Å². The predicted molar refractivity (Wildman–Crippen MR) is 87.3 cm³/mol. The molecule has 0 aliphatic heterocycles. The molecule has 0 unspecified atom stereocenters. The number of carbonyl (C=O) groups is 2. The number of nitrogens with one attached hydrogen (secondary N) is 1. The maximum absolute atomic E-state index is 12.3. The van der Waals surface area contributed by atoms with E-state index in [4.69, 9.17) is 4.74 Å². The van der Waals surface area contributed by atoms with Crippen molar-refractivity contribution in [2.24, 2.45) is 0 Å². The molecule has 1 aromatic rings. The number of ether oxygens (including phenoxy) is 1. The van der Waals surface area contributed by atoms with E-state index in [1.807, 2.05) is 0 Å². The van der Waals surface area contributed by atoms with Gasteiger partial charge in [-0.25, -0.2) is 4.79 Å². The van der Waals surface area contributed by atoms with Gasteiger partial charge in [0.15, 0.2) is 6.10 Å². The number of benzene rings is 1. The van der Waals surface area contributed by atoms with E-state index in [9.17, 15) is 20.0 Å². The van der Waals surface area contributed by atoms with Gasteiger partial charge in [0.05, 0.1) is 6.07 Å². The molecular formula is C18H22N2O4. The molecule has 0 bridgehead atoms. The lowest BCUT2D eigenvalue weighted by atomic mass is 9.83. The van der Waals surface area contributed by atoms with Crippen LogP contribution in [0.1, 0.15) is 54.9 Å². The highest BCUT2D eigenvalue weighted by Gasteiger charge is 2.35. The topological polar surface area (TPSA) is 99.4 Å². The molecule has 24 heavy (non-hydrogen) atoms. The van der Waals surface area contributed by atoms with Crippen molar-refractivity contribution in [2.75, 3.05) is 0 Å². The zero-order valence-electron chi connectivity index (χ0n) is 14.0. The van der Waals surface area contributed by atoms with E-state index >= 15 is 0 Å². The highest BCUT2D eigenvalue weighted by molar-refractivity contribution is 5.95. The number of amides is 1. The summed E-state index contributed by atoms with van der Waals surface area (Å²) in [7, 11) is 0. The van der Waals surface area contributed by atoms with Crippen LogP contribution in [-0.2, 0) is 9.53 Å². The molecule has 0 saturated heterocycles. The molecule has 1 aliphatic rings. The molecule has 1 fully saturated rings. The summed E-state index contributed by atoms with van der Waals surface area (Å²) >= 11 is 0. The van der Waals surface area contributed by atoms with E-state index in [0.717, 1.165) is 19.3 Å². The summed E-state index contributed by atoms with van der Waals surface area (Å²) in [5.74, 6) is -1.43. The quantitative estimate of drug-likeness (QED) is 0.827. The monoisotopic (exact) mass is 330 g/mol. The minimum absolute atomic E-state index is 0.0160. The first-order valence-electron chi connectivity index (χ1n) is 8.11. The summed E-state index contributed by atoms with van der Waals surface area (Å²) in [5, 5.41) is 22.0. The van der Waals surface area contributed by atoms with Crippen molar-refractivity contribution in [3.8, 4) is 11.8 Å². The van der Waals surface area contributed by atoms with Crippen LogP contribution in [0.25, 0.3) is 0 Å². The normalized spacial score (nSPS) is 17.4. The molecule has 2 N–H and O–H groups in total. The third-order valence-electron chi connectivity index (χ3n) is 4.39. The van der Waals surface area contributed by atoms with Gasteiger partial charge in [-0.1, -0.05) is 31.4 Å². The van der Waals surface area contributed by atoms with E-state index < -0.39 is 23.5 Å². The van der Waals surface area contributed by atoms with Crippen LogP contribution in [0.5, 0.6) is 5.75 Å². The molecule has 1 aliphatic carbocycles. The average Bonchev–Trinajstić information content (AvgIpc) is 2.58. The van der Waals surface area contributed by atoms with Crippen LogP contribution in [0.15, 0.2) is 18.2 Å². The summed E-state index contributed by atoms with van der Waals surface area (Å²) in [6.07, 6.45) is 2.99. The standard InChI is InChI=1S/C18H22N2O4/c1-12-7-6-8-14(15(12)21)17(23)24-13(2)16(22)20-18(11-19)9-4-3-5-10-18/h6-8,13,21H,3-5,9-10H2,1-2H3,(H,20,22)/t13-/m0/s1. The number of aryl methyl sites for hydroxylation is 1. The van der Waals surface area contributed by atoms with Crippen LogP contribution in [0, 0.1) is 18.3 Å². The second-order valence-electron chi connectivity index (χ2n) is 6.26.